The summed E-state index contributed by atoms with van der Waals surface area (Å²) in [6, 6.07) is 9.11. The standard InChI is InChI=1S/C12H18N2O2S.ClH/c13-12(11-6-7-11)8-14-17(15,16)9-10-4-2-1-3-5-10;/h1-5,11-12,14H,6-9,13H2;1H. The molecule has 1 saturated carbocycles. The van der Waals surface area contributed by atoms with E-state index in [4.69, 9.17) is 5.73 Å². The zero-order valence-electron chi connectivity index (χ0n) is 10.1. The topological polar surface area (TPSA) is 72.2 Å². The minimum absolute atomic E-state index is 0. The Morgan fingerprint density at radius 2 is 1.89 bits per heavy atom. The van der Waals surface area contributed by atoms with E-state index in [-0.39, 0.29) is 24.2 Å². The zero-order valence-corrected chi connectivity index (χ0v) is 11.7. The maximum Gasteiger partial charge on any atom is 0.215 e. The molecule has 0 heterocycles. The van der Waals surface area contributed by atoms with E-state index in [9.17, 15) is 8.42 Å². The van der Waals surface area contributed by atoms with Gasteiger partial charge in [-0.25, -0.2) is 13.1 Å². The molecule has 6 heteroatoms. The summed E-state index contributed by atoms with van der Waals surface area (Å²) in [7, 11) is -3.27. The second-order valence-electron chi connectivity index (χ2n) is 4.59. The third-order valence-electron chi connectivity index (χ3n) is 2.97. The summed E-state index contributed by atoms with van der Waals surface area (Å²) >= 11 is 0. The van der Waals surface area contributed by atoms with Crippen LogP contribution in [0.25, 0.3) is 0 Å². The largest absolute Gasteiger partial charge is 0.326 e. The van der Waals surface area contributed by atoms with Gasteiger partial charge in [-0.1, -0.05) is 30.3 Å². The Hall–Kier alpha value is -0.620. The van der Waals surface area contributed by atoms with E-state index in [0.29, 0.717) is 12.5 Å². The van der Waals surface area contributed by atoms with Gasteiger partial charge in [0.2, 0.25) is 10.0 Å². The Labute approximate surface area is 114 Å². The number of hydrogen-bond donors (Lipinski definition) is 2. The van der Waals surface area contributed by atoms with Crippen molar-refractivity contribution in [3.05, 3.63) is 35.9 Å². The molecule has 1 aromatic carbocycles. The molecule has 0 bridgehead atoms. The highest BCUT2D eigenvalue weighted by Crippen LogP contribution is 2.31. The highest BCUT2D eigenvalue weighted by Gasteiger charge is 2.29. The van der Waals surface area contributed by atoms with E-state index in [0.717, 1.165) is 18.4 Å². The van der Waals surface area contributed by atoms with Gasteiger partial charge in [0.25, 0.3) is 0 Å². The molecule has 1 aromatic rings. The third-order valence-corrected chi connectivity index (χ3v) is 4.29. The molecular formula is C12H19ClN2O2S. The van der Waals surface area contributed by atoms with Crippen LogP contribution in [-0.4, -0.2) is 21.0 Å². The first kappa shape index (κ1) is 15.4. The molecule has 0 aromatic heterocycles. The predicted octanol–water partition coefficient (Wildman–Crippen LogP) is 1.27. The van der Waals surface area contributed by atoms with Crippen molar-refractivity contribution in [2.45, 2.75) is 24.6 Å². The molecule has 0 amide bonds. The van der Waals surface area contributed by atoms with E-state index in [1.54, 1.807) is 12.1 Å². The number of nitrogens with two attached hydrogens (primary N) is 1. The van der Waals surface area contributed by atoms with Crippen molar-refractivity contribution < 1.29 is 8.42 Å². The fourth-order valence-electron chi connectivity index (χ4n) is 1.76. The lowest BCUT2D eigenvalue weighted by molar-refractivity contribution is 0.547. The summed E-state index contributed by atoms with van der Waals surface area (Å²) in [6.45, 7) is 0.347. The third kappa shape index (κ3) is 4.94. The summed E-state index contributed by atoms with van der Waals surface area (Å²) in [6.07, 6.45) is 2.25. The molecule has 0 spiro atoms. The molecule has 102 valence electrons. The van der Waals surface area contributed by atoms with E-state index in [2.05, 4.69) is 4.72 Å². The van der Waals surface area contributed by atoms with Crippen molar-refractivity contribution in [2.24, 2.45) is 11.7 Å². The fourth-order valence-corrected chi connectivity index (χ4v) is 2.94. The highest BCUT2D eigenvalue weighted by molar-refractivity contribution is 7.88. The summed E-state index contributed by atoms with van der Waals surface area (Å²) in [5, 5.41) is 0. The van der Waals surface area contributed by atoms with Crippen LogP contribution in [0, 0.1) is 5.92 Å². The molecule has 1 aliphatic carbocycles. The van der Waals surface area contributed by atoms with Gasteiger partial charge in [-0.05, 0) is 24.3 Å². The average Bonchev–Trinajstić information content (AvgIpc) is 3.10. The lowest BCUT2D eigenvalue weighted by Crippen LogP contribution is -2.39. The van der Waals surface area contributed by atoms with Gasteiger partial charge in [-0.15, -0.1) is 12.4 Å². The number of halogens is 1. The fraction of sp³-hybridized carbons (Fsp3) is 0.500. The van der Waals surface area contributed by atoms with Crippen LogP contribution in [0.2, 0.25) is 0 Å². The van der Waals surface area contributed by atoms with Crippen LogP contribution in [0.5, 0.6) is 0 Å². The van der Waals surface area contributed by atoms with Gasteiger partial charge in [0.15, 0.2) is 0 Å². The lowest BCUT2D eigenvalue weighted by atomic mass is 10.2. The van der Waals surface area contributed by atoms with Crippen LogP contribution < -0.4 is 10.5 Å². The van der Waals surface area contributed by atoms with Crippen molar-refractivity contribution >= 4 is 22.4 Å². The van der Waals surface area contributed by atoms with Crippen LogP contribution in [0.4, 0.5) is 0 Å². The quantitative estimate of drug-likeness (QED) is 0.829. The summed E-state index contributed by atoms with van der Waals surface area (Å²) in [5.41, 5.74) is 6.64. The van der Waals surface area contributed by atoms with Gasteiger partial charge in [-0.2, -0.15) is 0 Å². The first-order valence-corrected chi connectivity index (χ1v) is 7.49. The molecular weight excluding hydrogens is 272 g/mol. The van der Waals surface area contributed by atoms with Crippen molar-refractivity contribution in [1.82, 2.24) is 4.72 Å². The van der Waals surface area contributed by atoms with Crippen LogP contribution in [0.1, 0.15) is 18.4 Å². The molecule has 4 nitrogen and oxygen atoms in total. The smallest absolute Gasteiger partial charge is 0.215 e. The van der Waals surface area contributed by atoms with Crippen molar-refractivity contribution in [3.63, 3.8) is 0 Å². The Kier molecular flexibility index (Phi) is 5.59. The first-order chi connectivity index (χ1) is 8.07. The van der Waals surface area contributed by atoms with Crippen LogP contribution in [0.3, 0.4) is 0 Å². The Bertz CT molecular complexity index is 460. The zero-order chi connectivity index (χ0) is 12.3. The summed E-state index contributed by atoms with van der Waals surface area (Å²) < 4.78 is 26.1. The van der Waals surface area contributed by atoms with Crippen LogP contribution in [0.15, 0.2) is 30.3 Å². The van der Waals surface area contributed by atoms with Gasteiger partial charge < -0.3 is 5.73 Å². The van der Waals surface area contributed by atoms with Gasteiger partial charge in [0, 0.05) is 12.6 Å². The van der Waals surface area contributed by atoms with E-state index >= 15 is 0 Å². The normalized spacial score (nSPS) is 16.9. The molecule has 0 saturated heterocycles. The van der Waals surface area contributed by atoms with Gasteiger partial charge in [0.1, 0.15) is 0 Å². The summed E-state index contributed by atoms with van der Waals surface area (Å²) in [4.78, 5) is 0. The van der Waals surface area contributed by atoms with E-state index < -0.39 is 10.0 Å². The number of benzene rings is 1. The lowest BCUT2D eigenvalue weighted by Gasteiger charge is -2.12. The first-order valence-electron chi connectivity index (χ1n) is 5.84. The van der Waals surface area contributed by atoms with E-state index in [1.807, 2.05) is 18.2 Å². The average molecular weight is 291 g/mol. The molecule has 0 radical (unpaired) electrons. The molecule has 2 rings (SSSR count). The van der Waals surface area contributed by atoms with Crippen LogP contribution in [-0.2, 0) is 15.8 Å². The maximum atomic E-state index is 11.8. The monoisotopic (exact) mass is 290 g/mol. The molecule has 18 heavy (non-hydrogen) atoms. The number of sulfonamides is 1. The van der Waals surface area contributed by atoms with E-state index in [1.165, 1.54) is 0 Å². The van der Waals surface area contributed by atoms with Crippen molar-refractivity contribution in [3.8, 4) is 0 Å². The molecule has 1 unspecified atom stereocenters. The Morgan fingerprint density at radius 1 is 1.28 bits per heavy atom. The number of hydrogen-bond acceptors (Lipinski definition) is 3. The molecule has 0 aliphatic heterocycles. The predicted molar refractivity (Wildman–Crippen MR) is 75.0 cm³/mol. The van der Waals surface area contributed by atoms with Crippen LogP contribution >= 0.6 is 12.4 Å². The Balaban J connectivity index is 0.00000162. The van der Waals surface area contributed by atoms with Gasteiger partial charge >= 0.3 is 0 Å². The molecule has 1 aliphatic rings. The maximum absolute atomic E-state index is 11.8. The molecule has 1 fully saturated rings. The van der Waals surface area contributed by atoms with Crippen molar-refractivity contribution in [2.75, 3.05) is 6.54 Å². The number of rotatable bonds is 6. The SMILES string of the molecule is Cl.NC(CNS(=O)(=O)Cc1ccccc1)C1CC1. The minimum Gasteiger partial charge on any atom is -0.326 e. The molecule has 3 N–H and O–H groups in total. The molecule has 1 atom stereocenters. The van der Waals surface area contributed by atoms with Gasteiger partial charge in [-0.3, -0.25) is 0 Å². The number of nitrogens with one attached hydrogen (secondary N) is 1. The van der Waals surface area contributed by atoms with Crippen molar-refractivity contribution in [1.29, 1.82) is 0 Å². The highest BCUT2D eigenvalue weighted by atomic mass is 35.5. The minimum atomic E-state index is -3.27. The second kappa shape index (κ2) is 6.52. The second-order valence-corrected chi connectivity index (χ2v) is 6.40. The van der Waals surface area contributed by atoms with Gasteiger partial charge in [0.05, 0.1) is 5.75 Å². The Morgan fingerprint density at radius 3 is 2.44 bits per heavy atom. The summed E-state index contributed by atoms with van der Waals surface area (Å²) in [5.74, 6) is 0.528.